The maximum atomic E-state index is 12.8. The number of aromatic nitrogens is 4. The zero-order chi connectivity index (χ0) is 25.3. The number of nitrogen functional groups attached to an aromatic ring is 1. The molecule has 0 spiro atoms. The highest BCUT2D eigenvalue weighted by molar-refractivity contribution is 7.67. The molecule has 34 heavy (non-hydrogen) atoms. The van der Waals surface area contributed by atoms with E-state index in [1.165, 1.54) is 10.9 Å². The van der Waals surface area contributed by atoms with Crippen LogP contribution in [0, 0.1) is 5.92 Å². The molecule has 0 bridgehead atoms. The van der Waals surface area contributed by atoms with Crippen LogP contribution >= 0.6 is 23.5 Å². The predicted molar refractivity (Wildman–Crippen MR) is 114 cm³/mol. The first-order valence-electron chi connectivity index (χ1n) is 9.49. The van der Waals surface area contributed by atoms with Gasteiger partial charge in [-0.1, -0.05) is 6.92 Å². The molecule has 0 amide bonds. The number of phosphoric ester groups is 2. The fraction of sp³-hybridized carbons (Fsp3) is 0.643. The number of H-pyrrole nitrogens is 1. The van der Waals surface area contributed by atoms with Crippen LogP contribution in [0.25, 0.3) is 11.2 Å². The number of nitrogens with two attached hydrogens (primary N) is 1. The number of anilines is 1. The molecule has 6 atom stereocenters. The van der Waals surface area contributed by atoms with E-state index in [0.29, 0.717) is 6.42 Å². The average Bonchev–Trinajstić information content (AvgIpc) is 3.35. The zero-order valence-electron chi connectivity index (χ0n) is 18.4. The van der Waals surface area contributed by atoms with Crippen LogP contribution in [0.1, 0.15) is 19.6 Å². The number of nitrogens with zero attached hydrogens (tertiary/aromatic N) is 3. The van der Waals surface area contributed by atoms with Crippen molar-refractivity contribution in [3.63, 3.8) is 0 Å². The summed E-state index contributed by atoms with van der Waals surface area (Å²) >= 11 is 0. The Kier molecular flexibility index (Phi) is 8.17. The molecule has 6 unspecified atom stereocenters. The molecule has 0 aliphatic carbocycles. The maximum Gasteiger partial charge on any atom is 0.492 e. The normalized spacial score (nSPS) is 26.2. The molecule has 1 aliphatic heterocycles. The number of phosphoric acid groups is 3. The average molecular weight is 547 g/mol. The highest BCUT2D eigenvalue weighted by Gasteiger charge is 2.46. The van der Waals surface area contributed by atoms with Crippen molar-refractivity contribution >= 4 is 40.6 Å². The summed E-state index contributed by atoms with van der Waals surface area (Å²) in [7, 11) is -11.8. The standard InChI is InChI=1S/C14H24N5O12P3/c1-8-5-10(19-7-16-11-12(19)17-14(15)18-13(11)20)29-9(8)6-28-33(23,26-3)31-34(24,27-4)30-32(21,22)25-2/h7-10H,5-6H2,1-4H3,(H,21,22)(H3,15,17,18,20). The fourth-order valence-electron chi connectivity index (χ4n) is 3.04. The minimum Gasteiger partial charge on any atom is -0.369 e. The van der Waals surface area contributed by atoms with Crippen molar-refractivity contribution in [3.8, 4) is 0 Å². The zero-order valence-corrected chi connectivity index (χ0v) is 21.1. The van der Waals surface area contributed by atoms with E-state index in [9.17, 15) is 23.4 Å². The minimum absolute atomic E-state index is 0.0787. The summed E-state index contributed by atoms with van der Waals surface area (Å²) in [6.45, 7) is 1.46. The Morgan fingerprint density at radius 3 is 2.50 bits per heavy atom. The Bertz CT molecular complexity index is 1230. The number of aromatic amines is 1. The van der Waals surface area contributed by atoms with Crippen LogP contribution in [0.5, 0.6) is 0 Å². The van der Waals surface area contributed by atoms with Gasteiger partial charge < -0.3 is 15.4 Å². The third-order valence-corrected chi connectivity index (χ3v) is 9.83. The van der Waals surface area contributed by atoms with E-state index in [-0.39, 0.29) is 29.6 Å². The van der Waals surface area contributed by atoms with Gasteiger partial charge in [-0.3, -0.25) is 32.4 Å². The third-order valence-electron chi connectivity index (χ3n) is 4.78. The molecular weight excluding hydrogens is 523 g/mol. The number of ether oxygens (including phenoxy) is 1. The second-order valence-electron chi connectivity index (χ2n) is 6.99. The van der Waals surface area contributed by atoms with Crippen LogP contribution in [0.2, 0.25) is 0 Å². The first kappa shape index (κ1) is 27.1. The topological polar surface area (TPSA) is 226 Å². The van der Waals surface area contributed by atoms with Crippen molar-refractivity contribution in [3.05, 3.63) is 16.7 Å². The quantitative estimate of drug-likeness (QED) is 0.342. The molecule has 20 heteroatoms. The van der Waals surface area contributed by atoms with Crippen LogP contribution in [0.3, 0.4) is 0 Å². The molecule has 2 aromatic rings. The van der Waals surface area contributed by atoms with Gasteiger partial charge in [0.2, 0.25) is 5.95 Å². The lowest BCUT2D eigenvalue weighted by Gasteiger charge is -2.23. The Morgan fingerprint density at radius 1 is 1.21 bits per heavy atom. The molecule has 0 aromatic carbocycles. The number of hydrogen-bond acceptors (Lipinski definition) is 14. The Hall–Kier alpha value is -1.48. The smallest absolute Gasteiger partial charge is 0.369 e. The molecule has 2 aromatic heterocycles. The van der Waals surface area contributed by atoms with Crippen LogP contribution < -0.4 is 11.3 Å². The molecule has 3 rings (SSSR count). The van der Waals surface area contributed by atoms with Gasteiger partial charge in [0.1, 0.15) is 6.23 Å². The molecule has 3 heterocycles. The number of hydrogen-bond donors (Lipinski definition) is 3. The molecule has 1 saturated heterocycles. The monoisotopic (exact) mass is 547 g/mol. The van der Waals surface area contributed by atoms with Crippen LogP contribution in [-0.4, -0.2) is 58.5 Å². The van der Waals surface area contributed by atoms with Gasteiger partial charge in [0.15, 0.2) is 11.2 Å². The number of imidazole rings is 1. The summed E-state index contributed by atoms with van der Waals surface area (Å²) < 4.78 is 71.9. The van der Waals surface area contributed by atoms with Gasteiger partial charge in [0.25, 0.3) is 5.56 Å². The molecule has 0 saturated carbocycles. The lowest BCUT2D eigenvalue weighted by atomic mass is 10.0. The summed E-state index contributed by atoms with van der Waals surface area (Å²) in [4.78, 5) is 31.8. The lowest BCUT2D eigenvalue weighted by Crippen LogP contribution is -2.21. The van der Waals surface area contributed by atoms with Gasteiger partial charge in [0, 0.05) is 21.3 Å². The second kappa shape index (κ2) is 10.2. The Morgan fingerprint density at radius 2 is 1.88 bits per heavy atom. The van der Waals surface area contributed by atoms with Crippen LogP contribution in [0.15, 0.2) is 11.1 Å². The van der Waals surface area contributed by atoms with Crippen LogP contribution in [0.4, 0.5) is 5.95 Å². The highest BCUT2D eigenvalue weighted by Crippen LogP contribution is 2.71. The molecule has 192 valence electrons. The van der Waals surface area contributed by atoms with Crippen molar-refractivity contribution in [2.45, 2.75) is 25.7 Å². The maximum absolute atomic E-state index is 12.8. The van der Waals surface area contributed by atoms with Gasteiger partial charge in [-0.05, 0) is 12.3 Å². The Labute approximate surface area is 192 Å². The Balaban J connectivity index is 1.71. The molecular formula is C14H24N5O12P3. The first-order chi connectivity index (χ1) is 15.8. The van der Waals surface area contributed by atoms with E-state index in [2.05, 4.69) is 28.3 Å². The largest absolute Gasteiger partial charge is 0.492 e. The first-order valence-corrected chi connectivity index (χ1v) is 13.9. The lowest BCUT2D eigenvalue weighted by molar-refractivity contribution is -0.0282. The van der Waals surface area contributed by atoms with Gasteiger partial charge >= 0.3 is 23.5 Å². The second-order valence-corrected chi connectivity index (χ2v) is 12.4. The van der Waals surface area contributed by atoms with Crippen molar-refractivity contribution in [2.24, 2.45) is 5.92 Å². The van der Waals surface area contributed by atoms with E-state index < -0.39 is 41.4 Å². The summed E-state index contributed by atoms with van der Waals surface area (Å²) in [6, 6.07) is 0. The molecule has 17 nitrogen and oxygen atoms in total. The van der Waals surface area contributed by atoms with Crippen LogP contribution in [-0.2, 0) is 45.1 Å². The number of fused-ring (bicyclic) bond motifs is 1. The van der Waals surface area contributed by atoms with Gasteiger partial charge in [-0.15, -0.1) is 0 Å². The number of nitrogens with one attached hydrogen (secondary N) is 1. The summed E-state index contributed by atoms with van der Waals surface area (Å²) in [5.41, 5.74) is 5.41. The molecule has 0 radical (unpaired) electrons. The van der Waals surface area contributed by atoms with E-state index in [1.807, 2.05) is 6.92 Å². The van der Waals surface area contributed by atoms with Crippen molar-refractivity contribution in [1.82, 2.24) is 19.5 Å². The SMILES string of the molecule is COP(=O)(O)OP(=O)(OC)OP(=O)(OC)OCC1OC(n2cnc3c(=O)[nH]c(N)nc32)CC1C. The highest BCUT2D eigenvalue weighted by atomic mass is 31.3. The van der Waals surface area contributed by atoms with Crippen molar-refractivity contribution in [1.29, 1.82) is 0 Å². The van der Waals surface area contributed by atoms with E-state index in [1.54, 1.807) is 0 Å². The fourth-order valence-corrected chi connectivity index (χ4v) is 7.10. The van der Waals surface area contributed by atoms with Crippen molar-refractivity contribution < 1.29 is 50.0 Å². The van der Waals surface area contributed by atoms with Gasteiger partial charge in [0.05, 0.1) is 19.0 Å². The molecule has 4 N–H and O–H groups in total. The van der Waals surface area contributed by atoms with E-state index in [0.717, 1.165) is 21.3 Å². The molecule has 1 aliphatic rings. The van der Waals surface area contributed by atoms with E-state index >= 15 is 0 Å². The van der Waals surface area contributed by atoms with Gasteiger partial charge in [-0.2, -0.15) is 13.6 Å². The minimum atomic E-state index is -4.90. The summed E-state index contributed by atoms with van der Waals surface area (Å²) in [6.07, 6.45) is 0.540. The van der Waals surface area contributed by atoms with Gasteiger partial charge in [-0.25, -0.2) is 18.7 Å². The predicted octanol–water partition coefficient (Wildman–Crippen LogP) is 1.93. The van der Waals surface area contributed by atoms with Crippen molar-refractivity contribution in [2.75, 3.05) is 33.7 Å². The molecule has 1 fully saturated rings. The summed E-state index contributed by atoms with van der Waals surface area (Å²) in [5.74, 6) is -0.252. The summed E-state index contributed by atoms with van der Waals surface area (Å²) in [5, 5.41) is 0. The third kappa shape index (κ3) is 6.01. The number of rotatable bonds is 11. The van der Waals surface area contributed by atoms with E-state index in [4.69, 9.17) is 23.8 Å².